The Morgan fingerprint density at radius 3 is 2.35 bits per heavy atom. The molecule has 0 saturated carbocycles. The van der Waals surface area contributed by atoms with Crippen molar-refractivity contribution in [2.75, 3.05) is 6.67 Å². The van der Waals surface area contributed by atoms with E-state index in [0.29, 0.717) is 36.0 Å². The first-order chi connectivity index (χ1) is 16.3. The van der Waals surface area contributed by atoms with Crippen molar-refractivity contribution >= 4 is 18.2 Å². The summed E-state index contributed by atoms with van der Waals surface area (Å²) in [7, 11) is 0. The second kappa shape index (κ2) is 13.5. The van der Waals surface area contributed by atoms with Crippen LogP contribution in [0.5, 0.6) is 0 Å². The summed E-state index contributed by atoms with van der Waals surface area (Å²) in [6, 6.07) is 10.7. The third-order valence-electron chi connectivity index (χ3n) is 5.99. The van der Waals surface area contributed by atoms with Gasteiger partial charge < -0.3 is 15.1 Å². The zero-order valence-electron chi connectivity index (χ0n) is 20.5. The van der Waals surface area contributed by atoms with Crippen molar-refractivity contribution in [3.63, 3.8) is 0 Å². The van der Waals surface area contributed by atoms with Gasteiger partial charge in [0.15, 0.2) is 5.76 Å². The van der Waals surface area contributed by atoms with Gasteiger partial charge in [-0.25, -0.2) is 5.06 Å². The molecule has 0 aliphatic carbocycles. The molecule has 2 atom stereocenters. The number of carbonyl (C=O) groups excluding carboxylic acids is 3. The Morgan fingerprint density at radius 1 is 1.06 bits per heavy atom. The van der Waals surface area contributed by atoms with Gasteiger partial charge in [-0.1, -0.05) is 71.2 Å². The number of hydrogen-bond donors (Lipinski definition) is 3. The molecule has 3 amide bonds. The van der Waals surface area contributed by atoms with Gasteiger partial charge in [0.05, 0.1) is 18.6 Å². The number of unbranched alkanes of at least 4 members (excludes halogenated alkanes) is 2. The first-order valence-electron chi connectivity index (χ1n) is 12.0. The molecule has 1 heterocycles. The van der Waals surface area contributed by atoms with Crippen LogP contribution in [0, 0.1) is 5.92 Å². The van der Waals surface area contributed by atoms with E-state index in [1.54, 1.807) is 12.1 Å². The molecule has 0 aliphatic heterocycles. The van der Waals surface area contributed by atoms with E-state index in [9.17, 15) is 19.6 Å². The minimum Gasteiger partial charge on any atom is -0.451 e. The van der Waals surface area contributed by atoms with Gasteiger partial charge in [0.25, 0.3) is 5.91 Å². The lowest BCUT2D eigenvalue weighted by Crippen LogP contribution is -2.47. The van der Waals surface area contributed by atoms with Gasteiger partial charge in [-0.2, -0.15) is 0 Å². The molecule has 0 bridgehead atoms. The Hall–Kier alpha value is -3.13. The van der Waals surface area contributed by atoms with Gasteiger partial charge in [-0.15, -0.1) is 0 Å². The van der Waals surface area contributed by atoms with E-state index in [-0.39, 0.29) is 18.3 Å². The van der Waals surface area contributed by atoms with Gasteiger partial charge in [0, 0.05) is 5.56 Å². The minimum atomic E-state index is -0.625. The monoisotopic (exact) mass is 471 g/mol. The Kier molecular flexibility index (Phi) is 10.8. The fraction of sp³-hybridized carbons (Fsp3) is 0.500. The minimum absolute atomic E-state index is 0.0932. The summed E-state index contributed by atoms with van der Waals surface area (Å²) < 4.78 is 5.70. The van der Waals surface area contributed by atoms with E-state index >= 15 is 0 Å². The van der Waals surface area contributed by atoms with E-state index in [1.165, 1.54) is 5.56 Å². The molecular weight excluding hydrogens is 434 g/mol. The summed E-state index contributed by atoms with van der Waals surface area (Å²) in [6.07, 6.45) is 4.03. The first-order valence-corrected chi connectivity index (χ1v) is 12.0. The molecule has 8 nitrogen and oxygen atoms in total. The van der Waals surface area contributed by atoms with E-state index in [2.05, 4.69) is 31.4 Å². The molecule has 2 aromatic rings. The highest BCUT2D eigenvalue weighted by atomic mass is 16.5. The number of nitrogens with one attached hydrogen (secondary N) is 2. The van der Waals surface area contributed by atoms with Crippen molar-refractivity contribution < 1.29 is 24.0 Å². The summed E-state index contributed by atoms with van der Waals surface area (Å²) in [5.74, 6) is -0.187. The summed E-state index contributed by atoms with van der Waals surface area (Å²) in [5, 5.41) is 15.8. The predicted molar refractivity (Wildman–Crippen MR) is 130 cm³/mol. The molecule has 34 heavy (non-hydrogen) atoms. The lowest BCUT2D eigenvalue weighted by molar-refractivity contribution is -0.168. The first kappa shape index (κ1) is 27.1. The van der Waals surface area contributed by atoms with Crippen LogP contribution in [0.3, 0.4) is 0 Å². The second-order valence-corrected chi connectivity index (χ2v) is 8.73. The fourth-order valence-corrected chi connectivity index (χ4v) is 3.92. The van der Waals surface area contributed by atoms with Crippen molar-refractivity contribution in [2.24, 2.45) is 5.92 Å². The molecule has 0 radical (unpaired) electrons. The van der Waals surface area contributed by atoms with Gasteiger partial charge in [-0.05, 0) is 36.5 Å². The van der Waals surface area contributed by atoms with Crippen LogP contribution in [0.25, 0.3) is 11.3 Å². The van der Waals surface area contributed by atoms with Crippen LogP contribution in [0.2, 0.25) is 0 Å². The molecule has 0 spiro atoms. The second-order valence-electron chi connectivity index (χ2n) is 8.73. The normalized spacial score (nSPS) is 12.8. The van der Waals surface area contributed by atoms with Gasteiger partial charge in [0.1, 0.15) is 5.76 Å². The third-order valence-corrected chi connectivity index (χ3v) is 5.99. The average Bonchev–Trinajstić information content (AvgIpc) is 3.33. The molecule has 1 aromatic carbocycles. The summed E-state index contributed by atoms with van der Waals surface area (Å²) in [6.45, 7) is 8.03. The van der Waals surface area contributed by atoms with E-state index in [0.717, 1.165) is 24.8 Å². The maximum Gasteiger partial charge on any atom is 0.288 e. The lowest BCUT2D eigenvalue weighted by Gasteiger charge is -2.29. The van der Waals surface area contributed by atoms with Crippen LogP contribution in [0.1, 0.15) is 81.8 Å². The molecule has 8 heteroatoms. The number of rotatable bonds is 14. The van der Waals surface area contributed by atoms with E-state index in [4.69, 9.17) is 4.42 Å². The Bertz CT molecular complexity index is 923. The predicted octanol–water partition coefficient (Wildman–Crippen LogP) is 4.70. The maximum absolute atomic E-state index is 12.8. The van der Waals surface area contributed by atoms with Crippen LogP contribution >= 0.6 is 0 Å². The molecule has 186 valence electrons. The van der Waals surface area contributed by atoms with Crippen molar-refractivity contribution in [3.8, 4) is 11.3 Å². The van der Waals surface area contributed by atoms with Gasteiger partial charge in [0.2, 0.25) is 12.3 Å². The van der Waals surface area contributed by atoms with Crippen molar-refractivity contribution in [3.05, 3.63) is 47.7 Å². The highest BCUT2D eigenvalue weighted by Crippen LogP contribution is 2.25. The Balaban J connectivity index is 1.95. The smallest absolute Gasteiger partial charge is 0.288 e. The standard InChI is InChI=1S/C26H37N3O5/c1-5-7-8-9-21(22(6-2)29(33)17-30)25(31)27-16-28-26(32)24-15-14-23(34-24)20-12-10-19(11-13-20)18(3)4/h10-15,17-18,21-22,33H,5-9,16H2,1-4H3,(H,27,31)(H,28,32)/t21-,22-/m1/s1. The Labute approximate surface area is 201 Å². The van der Waals surface area contributed by atoms with Gasteiger partial charge in [-0.3, -0.25) is 19.6 Å². The molecule has 2 rings (SSSR count). The molecule has 0 fully saturated rings. The summed E-state index contributed by atoms with van der Waals surface area (Å²) in [4.78, 5) is 36.3. The molecule has 0 saturated heterocycles. The van der Waals surface area contributed by atoms with Crippen molar-refractivity contribution in [1.82, 2.24) is 15.7 Å². The van der Waals surface area contributed by atoms with Crippen molar-refractivity contribution in [1.29, 1.82) is 0 Å². The van der Waals surface area contributed by atoms with Crippen LogP contribution in [-0.4, -0.2) is 41.2 Å². The third kappa shape index (κ3) is 7.45. The molecule has 1 aromatic heterocycles. The maximum atomic E-state index is 12.8. The average molecular weight is 472 g/mol. The quantitative estimate of drug-likeness (QED) is 0.122. The van der Waals surface area contributed by atoms with Crippen molar-refractivity contribution in [2.45, 2.75) is 71.8 Å². The summed E-state index contributed by atoms with van der Waals surface area (Å²) in [5.41, 5.74) is 2.10. The number of hydroxylamine groups is 2. The highest BCUT2D eigenvalue weighted by molar-refractivity contribution is 5.92. The largest absolute Gasteiger partial charge is 0.451 e. The van der Waals surface area contributed by atoms with Gasteiger partial charge >= 0.3 is 0 Å². The fourth-order valence-electron chi connectivity index (χ4n) is 3.92. The van der Waals surface area contributed by atoms with Crippen LogP contribution < -0.4 is 10.6 Å². The van der Waals surface area contributed by atoms with Crippen LogP contribution in [-0.2, 0) is 9.59 Å². The number of nitrogens with zero attached hydrogens (tertiary/aromatic N) is 1. The molecule has 0 aliphatic rings. The zero-order chi connectivity index (χ0) is 25.1. The highest BCUT2D eigenvalue weighted by Gasteiger charge is 2.30. The van der Waals surface area contributed by atoms with E-state index in [1.807, 2.05) is 31.2 Å². The van der Waals surface area contributed by atoms with E-state index < -0.39 is 17.9 Å². The number of hydrogen-bond acceptors (Lipinski definition) is 5. The lowest BCUT2D eigenvalue weighted by atomic mass is 9.90. The number of furan rings is 1. The number of amides is 3. The van der Waals surface area contributed by atoms with Crippen LogP contribution in [0.4, 0.5) is 0 Å². The number of carbonyl (C=O) groups is 3. The molecular formula is C26H37N3O5. The molecule has 0 unspecified atom stereocenters. The summed E-state index contributed by atoms with van der Waals surface area (Å²) >= 11 is 0. The SMILES string of the molecule is CCCCC[C@@H](C(=O)NCNC(=O)c1ccc(-c2ccc(C(C)C)cc2)o1)[C@@H](CC)N(O)C=O. The Morgan fingerprint density at radius 2 is 1.76 bits per heavy atom. The molecule has 3 N–H and O–H groups in total. The topological polar surface area (TPSA) is 112 Å². The number of benzene rings is 1. The van der Waals surface area contributed by atoms with Crippen LogP contribution in [0.15, 0.2) is 40.8 Å². The zero-order valence-corrected chi connectivity index (χ0v) is 20.5.